The summed E-state index contributed by atoms with van der Waals surface area (Å²) in [6.45, 7) is 2.40. The highest BCUT2D eigenvalue weighted by molar-refractivity contribution is 6.00. The number of benzene rings is 1. The lowest BCUT2D eigenvalue weighted by Gasteiger charge is -2.25. The summed E-state index contributed by atoms with van der Waals surface area (Å²) in [7, 11) is 0. The van der Waals surface area contributed by atoms with E-state index in [1.165, 1.54) is 0 Å². The van der Waals surface area contributed by atoms with E-state index >= 15 is 0 Å². The monoisotopic (exact) mass is 305 g/mol. The van der Waals surface area contributed by atoms with Gasteiger partial charge in [-0.05, 0) is 18.6 Å². The molecule has 0 aliphatic carbocycles. The number of carbonyl (C=O) groups excluding carboxylic acids is 3. The fourth-order valence-electron chi connectivity index (χ4n) is 1.97. The van der Waals surface area contributed by atoms with Crippen LogP contribution in [0.4, 0.5) is 5.69 Å². The van der Waals surface area contributed by atoms with E-state index < -0.39 is 12.0 Å². The molecule has 0 saturated carbocycles. The van der Waals surface area contributed by atoms with Gasteiger partial charge in [0.1, 0.15) is 5.75 Å². The van der Waals surface area contributed by atoms with Crippen LogP contribution in [0.15, 0.2) is 24.3 Å². The molecule has 3 N–H and O–H groups in total. The molecule has 0 aromatic heterocycles. The lowest BCUT2D eigenvalue weighted by molar-refractivity contribution is -0.131. The molecule has 0 spiro atoms. The Labute approximate surface area is 128 Å². The molecule has 118 valence electrons. The van der Waals surface area contributed by atoms with Crippen LogP contribution in [0.25, 0.3) is 0 Å². The van der Waals surface area contributed by atoms with Crippen molar-refractivity contribution in [3.8, 4) is 5.75 Å². The first-order chi connectivity index (χ1) is 10.6. The summed E-state index contributed by atoms with van der Waals surface area (Å²) in [5, 5.41) is 7.81. The summed E-state index contributed by atoms with van der Waals surface area (Å²) in [4.78, 5) is 35.1. The minimum atomic E-state index is -0.895. The third kappa shape index (κ3) is 4.21. The molecule has 1 atom stereocenters. The van der Waals surface area contributed by atoms with Crippen molar-refractivity contribution in [1.82, 2.24) is 10.6 Å². The second-order valence-corrected chi connectivity index (χ2v) is 4.92. The Morgan fingerprint density at radius 3 is 2.77 bits per heavy atom. The van der Waals surface area contributed by atoms with E-state index in [-0.39, 0.29) is 24.8 Å². The van der Waals surface area contributed by atoms with Crippen LogP contribution in [-0.2, 0) is 14.4 Å². The van der Waals surface area contributed by atoms with Crippen LogP contribution in [-0.4, -0.2) is 36.9 Å². The topological polar surface area (TPSA) is 96.5 Å². The van der Waals surface area contributed by atoms with Crippen molar-refractivity contribution in [1.29, 1.82) is 0 Å². The van der Waals surface area contributed by atoms with Crippen LogP contribution >= 0.6 is 0 Å². The van der Waals surface area contributed by atoms with Crippen LogP contribution in [0.5, 0.6) is 5.75 Å². The maximum Gasteiger partial charge on any atom is 0.266 e. The highest BCUT2D eigenvalue weighted by atomic mass is 16.5. The number of para-hydroxylation sites is 2. The second kappa shape index (κ2) is 7.44. The molecule has 0 bridgehead atoms. The van der Waals surface area contributed by atoms with Gasteiger partial charge in [0.05, 0.1) is 18.7 Å². The van der Waals surface area contributed by atoms with Crippen molar-refractivity contribution in [2.45, 2.75) is 25.9 Å². The number of amides is 3. The first-order valence-corrected chi connectivity index (χ1v) is 7.20. The summed E-state index contributed by atoms with van der Waals surface area (Å²) in [5.74, 6) is -0.509. The number of hydrogen-bond donors (Lipinski definition) is 3. The SMILES string of the molecule is CCCNC(=O)CNC(=O)C[C@@H]1Oc2ccccc2NC1=O. The minimum absolute atomic E-state index is 0.107. The normalized spacial score (nSPS) is 16.0. The number of ether oxygens (including phenoxy) is 1. The number of anilines is 1. The number of carbonyl (C=O) groups is 3. The van der Waals surface area contributed by atoms with E-state index in [2.05, 4.69) is 16.0 Å². The minimum Gasteiger partial charge on any atom is -0.478 e. The second-order valence-electron chi connectivity index (χ2n) is 4.92. The third-order valence-corrected chi connectivity index (χ3v) is 3.10. The van der Waals surface area contributed by atoms with Crippen molar-refractivity contribution in [3.05, 3.63) is 24.3 Å². The number of hydrogen-bond acceptors (Lipinski definition) is 4. The highest BCUT2D eigenvalue weighted by Crippen LogP contribution is 2.29. The Kier molecular flexibility index (Phi) is 5.35. The maximum atomic E-state index is 11.9. The molecule has 22 heavy (non-hydrogen) atoms. The number of rotatable bonds is 6. The van der Waals surface area contributed by atoms with Gasteiger partial charge in [-0.1, -0.05) is 19.1 Å². The summed E-state index contributed by atoms with van der Waals surface area (Å²) in [5.41, 5.74) is 0.586. The van der Waals surface area contributed by atoms with E-state index in [0.717, 1.165) is 6.42 Å². The average molecular weight is 305 g/mol. The summed E-state index contributed by atoms with van der Waals surface area (Å²) >= 11 is 0. The van der Waals surface area contributed by atoms with E-state index in [1.54, 1.807) is 24.3 Å². The molecule has 3 amide bonds. The molecule has 0 radical (unpaired) electrons. The Bertz CT molecular complexity index is 574. The Hall–Kier alpha value is -2.57. The van der Waals surface area contributed by atoms with Gasteiger partial charge in [-0.25, -0.2) is 0 Å². The van der Waals surface area contributed by atoms with Gasteiger partial charge in [-0.3, -0.25) is 14.4 Å². The zero-order chi connectivity index (χ0) is 15.9. The van der Waals surface area contributed by atoms with Crippen molar-refractivity contribution in [2.24, 2.45) is 0 Å². The van der Waals surface area contributed by atoms with Gasteiger partial charge >= 0.3 is 0 Å². The van der Waals surface area contributed by atoms with Crippen LogP contribution in [0.2, 0.25) is 0 Å². The van der Waals surface area contributed by atoms with Crippen LogP contribution < -0.4 is 20.7 Å². The molecule has 1 aliphatic heterocycles. The van der Waals surface area contributed by atoms with Gasteiger partial charge in [0.15, 0.2) is 6.10 Å². The van der Waals surface area contributed by atoms with Gasteiger partial charge in [-0.15, -0.1) is 0 Å². The predicted molar refractivity (Wildman–Crippen MR) is 80.4 cm³/mol. The van der Waals surface area contributed by atoms with Crippen molar-refractivity contribution >= 4 is 23.4 Å². The predicted octanol–water partition coefficient (Wildman–Crippen LogP) is 0.419. The highest BCUT2D eigenvalue weighted by Gasteiger charge is 2.29. The van der Waals surface area contributed by atoms with E-state index in [1.807, 2.05) is 6.92 Å². The molecule has 1 aromatic carbocycles. The van der Waals surface area contributed by atoms with E-state index in [0.29, 0.717) is 18.0 Å². The quantitative estimate of drug-likeness (QED) is 0.709. The van der Waals surface area contributed by atoms with Crippen LogP contribution in [0.3, 0.4) is 0 Å². The third-order valence-electron chi connectivity index (χ3n) is 3.10. The number of fused-ring (bicyclic) bond motifs is 1. The zero-order valence-corrected chi connectivity index (χ0v) is 12.3. The van der Waals surface area contributed by atoms with Gasteiger partial charge in [0.25, 0.3) is 5.91 Å². The van der Waals surface area contributed by atoms with Gasteiger partial charge in [0.2, 0.25) is 11.8 Å². The van der Waals surface area contributed by atoms with Gasteiger partial charge < -0.3 is 20.7 Å². The van der Waals surface area contributed by atoms with E-state index in [4.69, 9.17) is 4.74 Å². The fourth-order valence-corrected chi connectivity index (χ4v) is 1.97. The molecule has 7 heteroatoms. The molecule has 7 nitrogen and oxygen atoms in total. The smallest absolute Gasteiger partial charge is 0.266 e. The lowest BCUT2D eigenvalue weighted by atomic mass is 10.1. The van der Waals surface area contributed by atoms with E-state index in [9.17, 15) is 14.4 Å². The lowest BCUT2D eigenvalue weighted by Crippen LogP contribution is -2.43. The van der Waals surface area contributed by atoms with Gasteiger partial charge in [0, 0.05) is 6.54 Å². The Morgan fingerprint density at radius 1 is 1.23 bits per heavy atom. The summed E-state index contributed by atoms with van der Waals surface area (Å²) in [6.07, 6.45) is -0.204. The summed E-state index contributed by atoms with van der Waals surface area (Å²) < 4.78 is 5.51. The van der Waals surface area contributed by atoms with Gasteiger partial charge in [-0.2, -0.15) is 0 Å². The van der Waals surface area contributed by atoms with Crippen LogP contribution in [0.1, 0.15) is 19.8 Å². The average Bonchev–Trinajstić information content (AvgIpc) is 2.51. The van der Waals surface area contributed by atoms with Crippen molar-refractivity contribution in [3.63, 3.8) is 0 Å². The molecule has 0 unspecified atom stereocenters. The molecule has 0 fully saturated rings. The first kappa shape index (κ1) is 15.8. The molecule has 1 aromatic rings. The molecular formula is C15H19N3O4. The Balaban J connectivity index is 1.82. The first-order valence-electron chi connectivity index (χ1n) is 7.20. The molecule has 2 rings (SSSR count). The van der Waals surface area contributed by atoms with Crippen molar-refractivity contribution < 1.29 is 19.1 Å². The largest absolute Gasteiger partial charge is 0.478 e. The van der Waals surface area contributed by atoms with Crippen LogP contribution in [0, 0.1) is 0 Å². The Morgan fingerprint density at radius 2 is 2.00 bits per heavy atom. The fraction of sp³-hybridized carbons (Fsp3) is 0.400. The zero-order valence-electron chi connectivity index (χ0n) is 12.3. The summed E-state index contributed by atoms with van der Waals surface area (Å²) in [6, 6.07) is 7.01. The standard InChI is InChI=1S/C15H19N3O4/c1-2-7-16-14(20)9-17-13(19)8-12-15(21)18-10-5-3-4-6-11(10)22-12/h3-6,12H,2,7-9H2,1H3,(H,16,20)(H,17,19)(H,18,21)/t12-/m0/s1. The molecule has 0 saturated heterocycles. The number of nitrogens with one attached hydrogen (secondary N) is 3. The maximum absolute atomic E-state index is 11.9. The van der Waals surface area contributed by atoms with Crippen molar-refractivity contribution in [2.75, 3.05) is 18.4 Å². The molecule has 1 aliphatic rings. The molecule has 1 heterocycles. The molecular weight excluding hydrogens is 286 g/mol.